The Hall–Kier alpha value is -2.50. The molecule has 0 saturated carbocycles. The van der Waals surface area contributed by atoms with Gasteiger partial charge in [0.2, 0.25) is 5.90 Å². The topological polar surface area (TPSA) is 96.3 Å². The first-order valence-electron chi connectivity index (χ1n) is 8.57. The number of ether oxygens (including phenoxy) is 2. The summed E-state index contributed by atoms with van der Waals surface area (Å²) in [5.74, 6) is 0.616. The average Bonchev–Trinajstić information content (AvgIpc) is 2.67. The van der Waals surface area contributed by atoms with Crippen molar-refractivity contribution >= 4 is 32.3 Å². The Morgan fingerprint density at radius 1 is 1.30 bits per heavy atom. The number of rotatable bonds is 8. The number of methoxy groups -OCH3 is 1. The smallest absolute Gasteiger partial charge is 0.320 e. The van der Waals surface area contributed by atoms with E-state index < -0.39 is 0 Å². The molecule has 8 heteroatoms. The van der Waals surface area contributed by atoms with Gasteiger partial charge in [-0.1, -0.05) is 37.3 Å². The van der Waals surface area contributed by atoms with Crippen LogP contribution in [-0.4, -0.2) is 43.8 Å². The van der Waals surface area contributed by atoms with Crippen LogP contribution in [0.3, 0.4) is 0 Å². The molecular formula is C19H25N4O3P. The van der Waals surface area contributed by atoms with Crippen molar-refractivity contribution in [2.75, 3.05) is 32.2 Å². The van der Waals surface area contributed by atoms with Crippen LogP contribution in [0.15, 0.2) is 42.6 Å². The number of anilines is 1. The zero-order valence-corrected chi connectivity index (χ0v) is 16.6. The minimum absolute atomic E-state index is 0.0113. The van der Waals surface area contributed by atoms with E-state index in [1.165, 1.54) is 11.8 Å². The van der Waals surface area contributed by atoms with Crippen LogP contribution in [-0.2, 0) is 9.47 Å². The third-order valence-corrected chi connectivity index (χ3v) is 4.37. The van der Waals surface area contributed by atoms with Crippen LogP contribution >= 0.6 is 9.24 Å². The van der Waals surface area contributed by atoms with E-state index in [1.807, 2.05) is 30.3 Å². The van der Waals surface area contributed by atoms with E-state index in [1.54, 1.807) is 13.2 Å². The fourth-order valence-electron chi connectivity index (χ4n) is 2.34. The van der Waals surface area contributed by atoms with E-state index in [0.29, 0.717) is 36.4 Å². The van der Waals surface area contributed by atoms with Crippen molar-refractivity contribution in [2.45, 2.75) is 12.8 Å². The second-order valence-corrected chi connectivity index (χ2v) is 6.60. The van der Waals surface area contributed by atoms with Gasteiger partial charge in [-0.3, -0.25) is 10.7 Å². The maximum Gasteiger partial charge on any atom is 0.320 e. The molecule has 0 aliphatic rings. The van der Waals surface area contributed by atoms with Crippen LogP contribution in [0.5, 0.6) is 0 Å². The summed E-state index contributed by atoms with van der Waals surface area (Å²) in [5, 5.41) is 14.2. The van der Waals surface area contributed by atoms with Gasteiger partial charge in [-0.05, 0) is 22.9 Å². The molecule has 0 aliphatic carbocycles. The highest BCUT2D eigenvalue weighted by molar-refractivity contribution is 7.27. The second-order valence-electron chi connectivity index (χ2n) is 5.97. The van der Waals surface area contributed by atoms with Gasteiger partial charge in [0.1, 0.15) is 12.4 Å². The predicted molar refractivity (Wildman–Crippen MR) is 110 cm³/mol. The van der Waals surface area contributed by atoms with E-state index in [0.717, 1.165) is 0 Å². The number of carbonyl (C=O) groups is 1. The monoisotopic (exact) mass is 388 g/mol. The number of carbonyl (C=O) groups excluding carboxylic acids is 1. The maximum atomic E-state index is 12.1. The lowest BCUT2D eigenvalue weighted by molar-refractivity contribution is 0.141. The van der Waals surface area contributed by atoms with Gasteiger partial charge in [0.15, 0.2) is 0 Å². The first-order chi connectivity index (χ1) is 13.0. The largest absolute Gasteiger partial charge is 0.475 e. The SMILES string of the molecule is COCCOC(=N)c1cnc(NC(=O)NCC(C)c2ccccc2)cc1P. The van der Waals surface area contributed by atoms with Crippen molar-refractivity contribution in [2.24, 2.45) is 0 Å². The second kappa shape index (κ2) is 10.6. The Labute approximate surface area is 161 Å². The molecule has 2 rings (SSSR count). The molecule has 2 atom stereocenters. The Bertz CT molecular complexity index is 771. The number of hydrogen-bond donors (Lipinski definition) is 3. The van der Waals surface area contributed by atoms with Crippen LogP contribution < -0.4 is 15.9 Å². The molecule has 0 radical (unpaired) electrons. The third-order valence-electron chi connectivity index (χ3n) is 3.89. The lowest BCUT2D eigenvalue weighted by atomic mass is 10.0. The molecule has 2 aromatic rings. The van der Waals surface area contributed by atoms with Gasteiger partial charge in [-0.15, -0.1) is 9.24 Å². The molecule has 0 saturated heterocycles. The quantitative estimate of drug-likeness (QED) is 0.280. The summed E-state index contributed by atoms with van der Waals surface area (Å²) in [7, 11) is 4.09. The minimum Gasteiger partial charge on any atom is -0.475 e. The molecule has 1 heterocycles. The Kier molecular flexibility index (Phi) is 8.17. The van der Waals surface area contributed by atoms with E-state index in [4.69, 9.17) is 14.9 Å². The average molecular weight is 388 g/mol. The van der Waals surface area contributed by atoms with Crippen molar-refractivity contribution in [1.82, 2.24) is 10.3 Å². The van der Waals surface area contributed by atoms with E-state index >= 15 is 0 Å². The predicted octanol–water partition coefficient (Wildman–Crippen LogP) is 2.50. The van der Waals surface area contributed by atoms with Crippen LogP contribution in [0.1, 0.15) is 24.0 Å². The number of pyridine rings is 1. The summed E-state index contributed by atoms with van der Waals surface area (Å²) in [6.07, 6.45) is 1.50. The van der Waals surface area contributed by atoms with Crippen molar-refractivity contribution in [3.8, 4) is 0 Å². The Balaban J connectivity index is 1.86. The summed E-state index contributed by atoms with van der Waals surface area (Å²) in [6.45, 7) is 3.27. The summed E-state index contributed by atoms with van der Waals surface area (Å²) < 4.78 is 10.2. The van der Waals surface area contributed by atoms with Gasteiger partial charge in [0.05, 0.1) is 12.2 Å². The summed E-state index contributed by atoms with van der Waals surface area (Å²) in [6, 6.07) is 11.4. The normalized spacial score (nSPS) is 11.5. The Morgan fingerprint density at radius 2 is 2.04 bits per heavy atom. The highest BCUT2D eigenvalue weighted by Gasteiger charge is 2.11. The lowest BCUT2D eigenvalue weighted by Gasteiger charge is -2.14. The van der Waals surface area contributed by atoms with Gasteiger partial charge < -0.3 is 14.8 Å². The van der Waals surface area contributed by atoms with Crippen molar-refractivity contribution in [3.63, 3.8) is 0 Å². The molecule has 0 spiro atoms. The van der Waals surface area contributed by atoms with Crippen LogP contribution in [0.4, 0.5) is 10.6 Å². The van der Waals surface area contributed by atoms with Crippen molar-refractivity contribution in [3.05, 3.63) is 53.7 Å². The summed E-state index contributed by atoms with van der Waals surface area (Å²) in [5.41, 5.74) is 1.71. The van der Waals surface area contributed by atoms with Crippen LogP contribution in [0.25, 0.3) is 0 Å². The zero-order valence-electron chi connectivity index (χ0n) is 15.5. The highest BCUT2D eigenvalue weighted by Crippen LogP contribution is 2.13. The third kappa shape index (κ3) is 6.62. The number of amides is 2. The number of hydrogen-bond acceptors (Lipinski definition) is 5. The number of urea groups is 1. The molecule has 2 unspecified atom stereocenters. The Morgan fingerprint density at radius 3 is 2.70 bits per heavy atom. The number of aromatic nitrogens is 1. The van der Waals surface area contributed by atoms with Gasteiger partial charge in [0.25, 0.3) is 0 Å². The molecular weight excluding hydrogens is 363 g/mol. The first kappa shape index (κ1) is 20.8. The molecule has 0 bridgehead atoms. The standard InChI is InChI=1S/C19H25N4O3P/c1-13(14-6-4-3-5-7-14)11-22-19(24)23-17-10-16(27)15(12-21-17)18(20)26-9-8-25-2/h3-7,10,12-13,20H,8-9,11,27H2,1-2H3,(H2,21,22,23,24). The molecule has 3 N–H and O–H groups in total. The van der Waals surface area contributed by atoms with E-state index in [9.17, 15) is 4.79 Å². The zero-order chi connectivity index (χ0) is 19.6. The van der Waals surface area contributed by atoms with E-state index in [2.05, 4.69) is 31.8 Å². The molecule has 27 heavy (non-hydrogen) atoms. The molecule has 7 nitrogen and oxygen atoms in total. The summed E-state index contributed by atoms with van der Waals surface area (Å²) in [4.78, 5) is 16.3. The van der Waals surface area contributed by atoms with Gasteiger partial charge in [-0.2, -0.15) is 0 Å². The molecule has 1 aromatic carbocycles. The molecule has 0 fully saturated rings. The van der Waals surface area contributed by atoms with E-state index in [-0.39, 0.29) is 17.8 Å². The fourth-order valence-corrected chi connectivity index (χ4v) is 2.70. The number of benzene rings is 1. The van der Waals surface area contributed by atoms with Crippen LogP contribution in [0.2, 0.25) is 0 Å². The number of nitrogens with one attached hydrogen (secondary N) is 3. The van der Waals surface area contributed by atoms with Crippen molar-refractivity contribution in [1.29, 1.82) is 5.41 Å². The van der Waals surface area contributed by atoms with Gasteiger partial charge in [-0.25, -0.2) is 9.78 Å². The van der Waals surface area contributed by atoms with Gasteiger partial charge >= 0.3 is 6.03 Å². The maximum absolute atomic E-state index is 12.1. The highest BCUT2D eigenvalue weighted by atomic mass is 31.0. The first-order valence-corrected chi connectivity index (χ1v) is 9.15. The van der Waals surface area contributed by atoms with Crippen LogP contribution in [0, 0.1) is 5.41 Å². The lowest BCUT2D eigenvalue weighted by Crippen LogP contribution is -2.32. The molecule has 0 aliphatic heterocycles. The molecule has 2 amide bonds. The fraction of sp³-hybridized carbons (Fsp3) is 0.316. The van der Waals surface area contributed by atoms with Crippen molar-refractivity contribution < 1.29 is 14.3 Å². The minimum atomic E-state index is -0.325. The molecule has 144 valence electrons. The molecule has 1 aromatic heterocycles. The summed E-state index contributed by atoms with van der Waals surface area (Å²) >= 11 is 0. The number of nitrogens with zero attached hydrogens (tertiary/aromatic N) is 1. The van der Waals surface area contributed by atoms with Gasteiger partial charge in [0, 0.05) is 19.9 Å².